The fourth-order valence-electron chi connectivity index (χ4n) is 2.34. The summed E-state index contributed by atoms with van der Waals surface area (Å²) >= 11 is 0. The van der Waals surface area contributed by atoms with E-state index in [1.165, 1.54) is 31.5 Å². The van der Waals surface area contributed by atoms with E-state index in [0.717, 1.165) is 25.4 Å². The van der Waals surface area contributed by atoms with Crippen LogP contribution in [-0.2, 0) is 6.54 Å². The van der Waals surface area contributed by atoms with Gasteiger partial charge in [0.25, 0.3) is 0 Å². The van der Waals surface area contributed by atoms with Gasteiger partial charge >= 0.3 is 0 Å². The SMILES string of the molecule is N#CCOc1cccc(CNCCN2CCCC2)c1. The topological polar surface area (TPSA) is 48.3 Å². The van der Waals surface area contributed by atoms with Crippen LogP contribution in [0.25, 0.3) is 0 Å². The second-order valence-electron chi connectivity index (χ2n) is 4.82. The maximum absolute atomic E-state index is 8.48. The number of hydrogen-bond acceptors (Lipinski definition) is 4. The van der Waals surface area contributed by atoms with Crippen LogP contribution in [0.1, 0.15) is 18.4 Å². The lowest BCUT2D eigenvalue weighted by molar-refractivity contribution is 0.335. The van der Waals surface area contributed by atoms with E-state index >= 15 is 0 Å². The van der Waals surface area contributed by atoms with E-state index < -0.39 is 0 Å². The Balaban J connectivity index is 1.68. The maximum atomic E-state index is 8.48. The highest BCUT2D eigenvalue weighted by atomic mass is 16.5. The van der Waals surface area contributed by atoms with Crippen LogP contribution in [0.15, 0.2) is 24.3 Å². The van der Waals surface area contributed by atoms with E-state index in [0.29, 0.717) is 0 Å². The molecule has 1 fully saturated rings. The first-order valence-electron chi connectivity index (χ1n) is 6.90. The van der Waals surface area contributed by atoms with Gasteiger partial charge in [-0.1, -0.05) is 12.1 Å². The first-order valence-corrected chi connectivity index (χ1v) is 6.90. The Morgan fingerprint density at radius 3 is 2.95 bits per heavy atom. The van der Waals surface area contributed by atoms with Crippen LogP contribution in [0.2, 0.25) is 0 Å². The summed E-state index contributed by atoms with van der Waals surface area (Å²) in [6, 6.07) is 9.88. The third-order valence-electron chi connectivity index (χ3n) is 3.33. The van der Waals surface area contributed by atoms with Crippen LogP contribution in [0.5, 0.6) is 5.75 Å². The molecule has 1 heterocycles. The van der Waals surface area contributed by atoms with E-state index in [4.69, 9.17) is 10.00 Å². The average Bonchev–Trinajstić information content (AvgIpc) is 2.95. The van der Waals surface area contributed by atoms with Gasteiger partial charge < -0.3 is 15.0 Å². The quantitative estimate of drug-likeness (QED) is 0.758. The largest absolute Gasteiger partial charge is 0.479 e. The fraction of sp³-hybridized carbons (Fsp3) is 0.533. The van der Waals surface area contributed by atoms with Gasteiger partial charge in [-0.05, 0) is 43.6 Å². The number of nitrogens with one attached hydrogen (secondary N) is 1. The predicted molar refractivity (Wildman–Crippen MR) is 74.9 cm³/mol. The summed E-state index contributed by atoms with van der Waals surface area (Å²) in [4.78, 5) is 2.50. The number of nitrogens with zero attached hydrogens (tertiary/aromatic N) is 2. The molecular formula is C15H21N3O. The summed E-state index contributed by atoms with van der Waals surface area (Å²) in [6.45, 7) is 5.59. The summed E-state index contributed by atoms with van der Waals surface area (Å²) in [5, 5.41) is 11.9. The smallest absolute Gasteiger partial charge is 0.174 e. The zero-order valence-electron chi connectivity index (χ0n) is 11.3. The number of nitriles is 1. The molecule has 0 amide bonds. The van der Waals surface area contributed by atoms with Crippen molar-refractivity contribution in [3.05, 3.63) is 29.8 Å². The standard InChI is InChI=1S/C15H21N3O/c16-6-11-19-15-5-3-4-14(12-15)13-17-7-10-18-8-1-2-9-18/h3-5,12,17H,1-2,7-11,13H2. The van der Waals surface area contributed by atoms with E-state index in [2.05, 4.69) is 16.3 Å². The van der Waals surface area contributed by atoms with Crippen LogP contribution in [0.3, 0.4) is 0 Å². The monoisotopic (exact) mass is 259 g/mol. The molecule has 1 N–H and O–H groups in total. The average molecular weight is 259 g/mol. The minimum atomic E-state index is 0.103. The molecule has 19 heavy (non-hydrogen) atoms. The summed E-state index contributed by atoms with van der Waals surface area (Å²) < 4.78 is 5.29. The molecule has 0 aliphatic carbocycles. The van der Waals surface area contributed by atoms with Crippen molar-refractivity contribution in [2.75, 3.05) is 32.8 Å². The molecule has 102 valence electrons. The molecule has 1 aromatic carbocycles. The van der Waals surface area contributed by atoms with Gasteiger partial charge in [0.2, 0.25) is 0 Å². The van der Waals surface area contributed by atoms with Crippen molar-refractivity contribution >= 4 is 0 Å². The highest BCUT2D eigenvalue weighted by Gasteiger charge is 2.09. The number of rotatable bonds is 7. The normalized spacial score (nSPS) is 15.3. The fourth-order valence-corrected chi connectivity index (χ4v) is 2.34. The Bertz CT molecular complexity index is 422. The third-order valence-corrected chi connectivity index (χ3v) is 3.33. The Labute approximate surface area is 115 Å². The van der Waals surface area contributed by atoms with Gasteiger partial charge in [0.1, 0.15) is 11.8 Å². The van der Waals surface area contributed by atoms with Gasteiger partial charge in [0.15, 0.2) is 6.61 Å². The molecule has 0 saturated carbocycles. The van der Waals surface area contributed by atoms with Gasteiger partial charge in [-0.15, -0.1) is 0 Å². The van der Waals surface area contributed by atoms with Gasteiger partial charge in [-0.25, -0.2) is 0 Å². The zero-order valence-corrected chi connectivity index (χ0v) is 11.3. The minimum Gasteiger partial charge on any atom is -0.479 e. The summed E-state index contributed by atoms with van der Waals surface area (Å²) in [5.74, 6) is 0.764. The van der Waals surface area contributed by atoms with Gasteiger partial charge in [0.05, 0.1) is 0 Å². The summed E-state index contributed by atoms with van der Waals surface area (Å²) in [5.41, 5.74) is 1.19. The molecule has 2 rings (SSSR count). The molecule has 0 unspecified atom stereocenters. The van der Waals surface area contributed by atoms with E-state index in [-0.39, 0.29) is 6.61 Å². The second-order valence-corrected chi connectivity index (χ2v) is 4.82. The predicted octanol–water partition coefficient (Wildman–Crippen LogP) is 1.77. The Kier molecular flexibility index (Phi) is 5.67. The van der Waals surface area contributed by atoms with E-state index in [1.54, 1.807) is 0 Å². The lowest BCUT2D eigenvalue weighted by atomic mass is 10.2. The molecule has 1 aromatic rings. The number of benzene rings is 1. The van der Waals surface area contributed by atoms with Crippen molar-refractivity contribution in [1.29, 1.82) is 5.26 Å². The second kappa shape index (κ2) is 7.78. The molecule has 1 aliphatic heterocycles. The van der Waals surface area contributed by atoms with Gasteiger partial charge in [-0.3, -0.25) is 0 Å². The highest BCUT2D eigenvalue weighted by Crippen LogP contribution is 2.13. The molecule has 0 atom stereocenters. The molecule has 0 aromatic heterocycles. The van der Waals surface area contributed by atoms with Crippen LogP contribution in [-0.4, -0.2) is 37.7 Å². The van der Waals surface area contributed by atoms with Crippen LogP contribution >= 0.6 is 0 Å². The zero-order chi connectivity index (χ0) is 13.3. The van der Waals surface area contributed by atoms with Crippen molar-refractivity contribution in [3.8, 4) is 11.8 Å². The first-order chi connectivity index (χ1) is 9.38. The van der Waals surface area contributed by atoms with E-state index in [1.807, 2.05) is 24.3 Å². The molecule has 1 aliphatic rings. The number of hydrogen-bond donors (Lipinski definition) is 1. The molecular weight excluding hydrogens is 238 g/mol. The van der Waals surface area contributed by atoms with Crippen molar-refractivity contribution < 1.29 is 4.74 Å². The molecule has 4 nitrogen and oxygen atoms in total. The molecule has 4 heteroatoms. The van der Waals surface area contributed by atoms with E-state index in [9.17, 15) is 0 Å². The summed E-state index contributed by atoms with van der Waals surface area (Å²) in [7, 11) is 0. The maximum Gasteiger partial charge on any atom is 0.174 e. The Morgan fingerprint density at radius 1 is 1.32 bits per heavy atom. The number of likely N-dealkylation sites (tertiary alicyclic amines) is 1. The first kappa shape index (κ1) is 13.9. The molecule has 0 radical (unpaired) electrons. The third kappa shape index (κ3) is 4.90. The summed E-state index contributed by atoms with van der Waals surface area (Å²) in [6.07, 6.45) is 2.69. The minimum absolute atomic E-state index is 0.103. The number of ether oxygens (including phenoxy) is 1. The van der Waals surface area contributed by atoms with Crippen molar-refractivity contribution in [2.24, 2.45) is 0 Å². The van der Waals surface area contributed by atoms with Crippen molar-refractivity contribution in [1.82, 2.24) is 10.2 Å². The Hall–Kier alpha value is -1.57. The van der Waals surface area contributed by atoms with Crippen molar-refractivity contribution in [2.45, 2.75) is 19.4 Å². The van der Waals surface area contributed by atoms with Crippen molar-refractivity contribution in [3.63, 3.8) is 0 Å². The van der Waals surface area contributed by atoms with Gasteiger partial charge in [0, 0.05) is 19.6 Å². The Morgan fingerprint density at radius 2 is 2.16 bits per heavy atom. The van der Waals surface area contributed by atoms with Gasteiger partial charge in [-0.2, -0.15) is 5.26 Å². The van der Waals surface area contributed by atoms with Crippen LogP contribution in [0.4, 0.5) is 0 Å². The molecule has 1 saturated heterocycles. The lowest BCUT2D eigenvalue weighted by Crippen LogP contribution is -2.29. The highest BCUT2D eigenvalue weighted by molar-refractivity contribution is 5.28. The molecule has 0 bridgehead atoms. The molecule has 0 spiro atoms. The van der Waals surface area contributed by atoms with Crippen LogP contribution < -0.4 is 10.1 Å². The lowest BCUT2D eigenvalue weighted by Gasteiger charge is -2.14. The van der Waals surface area contributed by atoms with Crippen LogP contribution in [0, 0.1) is 11.3 Å².